The summed E-state index contributed by atoms with van der Waals surface area (Å²) < 4.78 is 5.05. The molecule has 1 fully saturated rings. The van der Waals surface area contributed by atoms with Crippen molar-refractivity contribution in [1.82, 2.24) is 9.99 Å². The minimum atomic E-state index is -0.256. The number of fused-ring (bicyclic) bond motifs is 3. The number of anilines is 1. The number of pyridine rings is 1. The maximum absolute atomic E-state index is 12.3. The minimum Gasteiger partial charge on any atom is -0.469 e. The van der Waals surface area contributed by atoms with Gasteiger partial charge in [0.05, 0.1) is 19.7 Å². The van der Waals surface area contributed by atoms with E-state index in [1.54, 1.807) is 6.20 Å². The molecule has 2 aliphatic heterocycles. The van der Waals surface area contributed by atoms with Crippen molar-refractivity contribution in [1.29, 1.82) is 0 Å². The minimum absolute atomic E-state index is 0.0642. The van der Waals surface area contributed by atoms with Gasteiger partial charge < -0.3 is 4.74 Å². The fourth-order valence-electron chi connectivity index (χ4n) is 3.41. The van der Waals surface area contributed by atoms with Gasteiger partial charge in [-0.15, -0.1) is 0 Å². The predicted molar refractivity (Wildman–Crippen MR) is 87.1 cm³/mol. The fraction of sp³-hybridized carbons (Fsp3) is 0.222. The SMILES string of the molecule is COC(=O)[C@@H]1CN(c2ccccn2)N2C=Cc3ccccc3C12. The van der Waals surface area contributed by atoms with Crippen LogP contribution in [0.5, 0.6) is 0 Å². The second-order valence-electron chi connectivity index (χ2n) is 5.67. The van der Waals surface area contributed by atoms with Crippen molar-refractivity contribution in [3.05, 3.63) is 66.0 Å². The third-order valence-corrected chi connectivity index (χ3v) is 4.45. The average Bonchev–Trinajstić information content (AvgIpc) is 3.02. The highest BCUT2D eigenvalue weighted by atomic mass is 16.5. The van der Waals surface area contributed by atoms with Crippen molar-refractivity contribution in [3.8, 4) is 0 Å². The molecule has 4 rings (SSSR count). The highest BCUT2D eigenvalue weighted by Crippen LogP contribution is 2.43. The predicted octanol–water partition coefficient (Wildman–Crippen LogP) is 2.63. The van der Waals surface area contributed by atoms with Crippen LogP contribution in [0, 0.1) is 5.92 Å². The molecule has 0 amide bonds. The van der Waals surface area contributed by atoms with Crippen LogP contribution in [0.2, 0.25) is 0 Å². The molecular weight excluding hydrogens is 290 g/mol. The van der Waals surface area contributed by atoms with E-state index in [0.29, 0.717) is 6.54 Å². The smallest absolute Gasteiger partial charge is 0.313 e. The summed E-state index contributed by atoms with van der Waals surface area (Å²) in [5.74, 6) is 0.379. The lowest BCUT2D eigenvalue weighted by atomic mass is 9.89. The molecule has 3 heterocycles. The van der Waals surface area contributed by atoms with Crippen molar-refractivity contribution < 1.29 is 9.53 Å². The molecule has 1 unspecified atom stereocenters. The summed E-state index contributed by atoms with van der Waals surface area (Å²) in [5.41, 5.74) is 2.29. The van der Waals surface area contributed by atoms with Crippen LogP contribution in [0.1, 0.15) is 17.2 Å². The molecule has 0 bridgehead atoms. The summed E-state index contributed by atoms with van der Waals surface area (Å²) in [7, 11) is 1.45. The summed E-state index contributed by atoms with van der Waals surface area (Å²) in [6, 6.07) is 13.9. The zero-order valence-corrected chi connectivity index (χ0v) is 12.8. The van der Waals surface area contributed by atoms with Crippen LogP contribution in [0.25, 0.3) is 6.08 Å². The van der Waals surface area contributed by atoms with Gasteiger partial charge in [-0.25, -0.2) is 4.98 Å². The highest BCUT2D eigenvalue weighted by Gasteiger charge is 2.46. The Morgan fingerprint density at radius 1 is 1.22 bits per heavy atom. The molecule has 1 saturated heterocycles. The molecular formula is C18H17N3O2. The first-order chi connectivity index (χ1) is 11.3. The van der Waals surface area contributed by atoms with Crippen LogP contribution in [0.4, 0.5) is 5.82 Å². The van der Waals surface area contributed by atoms with E-state index in [-0.39, 0.29) is 17.9 Å². The number of nitrogens with zero attached hydrogens (tertiary/aromatic N) is 3. The highest BCUT2D eigenvalue weighted by molar-refractivity contribution is 5.76. The topological polar surface area (TPSA) is 45.7 Å². The van der Waals surface area contributed by atoms with Crippen LogP contribution in [0.3, 0.4) is 0 Å². The van der Waals surface area contributed by atoms with Crippen molar-refractivity contribution in [2.75, 3.05) is 18.7 Å². The number of hydrogen-bond acceptors (Lipinski definition) is 5. The van der Waals surface area contributed by atoms with Crippen molar-refractivity contribution in [3.63, 3.8) is 0 Å². The molecule has 116 valence electrons. The monoisotopic (exact) mass is 307 g/mol. The maximum atomic E-state index is 12.3. The number of hydrazine groups is 1. The number of aromatic nitrogens is 1. The Morgan fingerprint density at radius 3 is 2.83 bits per heavy atom. The van der Waals surface area contributed by atoms with Gasteiger partial charge in [-0.3, -0.25) is 14.8 Å². The summed E-state index contributed by atoms with van der Waals surface area (Å²) in [4.78, 5) is 16.8. The van der Waals surface area contributed by atoms with Crippen molar-refractivity contribution in [2.45, 2.75) is 6.04 Å². The van der Waals surface area contributed by atoms with Gasteiger partial charge in [0.25, 0.3) is 0 Å². The van der Waals surface area contributed by atoms with E-state index in [9.17, 15) is 4.79 Å². The molecule has 0 aliphatic carbocycles. The van der Waals surface area contributed by atoms with Gasteiger partial charge in [-0.05, 0) is 29.3 Å². The van der Waals surface area contributed by atoms with E-state index < -0.39 is 0 Å². The summed E-state index contributed by atoms with van der Waals surface area (Å²) in [6.45, 7) is 0.549. The Balaban J connectivity index is 1.80. The lowest BCUT2D eigenvalue weighted by Crippen LogP contribution is -2.35. The zero-order valence-electron chi connectivity index (χ0n) is 12.8. The van der Waals surface area contributed by atoms with Crippen LogP contribution < -0.4 is 5.01 Å². The summed E-state index contributed by atoms with van der Waals surface area (Å²) >= 11 is 0. The van der Waals surface area contributed by atoms with Gasteiger partial charge in [0.15, 0.2) is 0 Å². The summed E-state index contributed by atoms with van der Waals surface area (Å²) in [5, 5.41) is 4.13. The number of hydrogen-bond donors (Lipinski definition) is 0. The number of ether oxygens (including phenoxy) is 1. The maximum Gasteiger partial charge on any atom is 0.313 e. The Morgan fingerprint density at radius 2 is 2.04 bits per heavy atom. The average molecular weight is 307 g/mol. The van der Waals surface area contributed by atoms with Gasteiger partial charge >= 0.3 is 5.97 Å². The lowest BCUT2D eigenvalue weighted by molar-refractivity contribution is -0.145. The van der Waals surface area contributed by atoms with E-state index >= 15 is 0 Å². The van der Waals surface area contributed by atoms with E-state index in [4.69, 9.17) is 4.74 Å². The number of methoxy groups -OCH3 is 1. The van der Waals surface area contributed by atoms with Gasteiger partial charge in [0.1, 0.15) is 11.7 Å². The third kappa shape index (κ3) is 2.16. The molecule has 5 nitrogen and oxygen atoms in total. The quantitative estimate of drug-likeness (QED) is 0.798. The van der Waals surface area contributed by atoms with E-state index in [1.165, 1.54) is 7.11 Å². The first-order valence-corrected chi connectivity index (χ1v) is 7.61. The molecule has 0 saturated carbocycles. The molecule has 0 spiro atoms. The van der Waals surface area contributed by atoms with Crippen molar-refractivity contribution >= 4 is 17.9 Å². The zero-order chi connectivity index (χ0) is 15.8. The first kappa shape index (κ1) is 13.8. The molecule has 2 aliphatic rings. The third-order valence-electron chi connectivity index (χ3n) is 4.45. The van der Waals surface area contributed by atoms with Crippen LogP contribution in [0.15, 0.2) is 54.9 Å². The van der Waals surface area contributed by atoms with Gasteiger partial charge in [0.2, 0.25) is 0 Å². The van der Waals surface area contributed by atoms with E-state index in [0.717, 1.165) is 16.9 Å². The van der Waals surface area contributed by atoms with Gasteiger partial charge in [-0.1, -0.05) is 30.3 Å². The first-order valence-electron chi connectivity index (χ1n) is 7.61. The molecule has 23 heavy (non-hydrogen) atoms. The molecule has 2 aromatic rings. The molecule has 5 heteroatoms. The number of rotatable bonds is 2. The number of carbonyl (C=O) groups excluding carboxylic acids is 1. The fourth-order valence-corrected chi connectivity index (χ4v) is 3.41. The van der Waals surface area contributed by atoms with E-state index in [2.05, 4.69) is 28.2 Å². The second kappa shape index (κ2) is 5.43. The Hall–Kier alpha value is -2.82. The molecule has 0 radical (unpaired) electrons. The van der Waals surface area contributed by atoms with Crippen LogP contribution in [-0.2, 0) is 9.53 Å². The Labute approximate surface area is 134 Å². The van der Waals surface area contributed by atoms with Crippen molar-refractivity contribution in [2.24, 2.45) is 5.92 Å². The van der Waals surface area contributed by atoms with Crippen LogP contribution >= 0.6 is 0 Å². The van der Waals surface area contributed by atoms with Gasteiger partial charge in [-0.2, -0.15) is 0 Å². The molecule has 0 N–H and O–H groups in total. The van der Waals surface area contributed by atoms with Gasteiger partial charge in [0, 0.05) is 12.4 Å². The number of benzene rings is 1. The van der Waals surface area contributed by atoms with Crippen LogP contribution in [-0.4, -0.2) is 29.6 Å². The Kier molecular flexibility index (Phi) is 3.26. The standard InChI is InChI=1S/C18H17N3O2/c1-23-18(22)15-12-21(16-8-4-5-10-19-16)20-11-9-13-6-2-3-7-14(13)17(15)20/h2-11,15,17H,12H2,1H3/t15-,17?/m1/s1. The largest absolute Gasteiger partial charge is 0.469 e. The summed E-state index contributed by atoms with van der Waals surface area (Å²) in [6.07, 6.45) is 5.85. The number of esters is 1. The second-order valence-corrected chi connectivity index (χ2v) is 5.67. The molecule has 1 aromatic heterocycles. The lowest BCUT2D eigenvalue weighted by Gasteiger charge is -2.35. The number of carbonyl (C=O) groups is 1. The molecule has 2 atom stereocenters. The normalized spacial score (nSPS) is 21.8. The Bertz CT molecular complexity index is 760. The molecule has 1 aromatic carbocycles. The van der Waals surface area contributed by atoms with E-state index in [1.807, 2.05) is 41.5 Å².